The lowest BCUT2D eigenvalue weighted by molar-refractivity contribution is 0.111. The zero-order chi connectivity index (χ0) is 10.7. The topological polar surface area (TPSA) is 26.3 Å². The summed E-state index contributed by atoms with van der Waals surface area (Å²) < 4.78 is 19.1. The SMILES string of the molecule is O=Cc1cccc(CC2(F)CCOC2)c1. The predicted molar refractivity (Wildman–Crippen MR) is 54.8 cm³/mol. The van der Waals surface area contributed by atoms with Gasteiger partial charge < -0.3 is 4.74 Å². The largest absolute Gasteiger partial charge is 0.378 e. The minimum atomic E-state index is -1.25. The smallest absolute Gasteiger partial charge is 0.150 e. The molecule has 1 aromatic carbocycles. The summed E-state index contributed by atoms with van der Waals surface area (Å²) in [6.45, 7) is 0.655. The maximum Gasteiger partial charge on any atom is 0.150 e. The van der Waals surface area contributed by atoms with Crippen LogP contribution in [0.3, 0.4) is 0 Å². The second-order valence-electron chi connectivity index (χ2n) is 3.99. The highest BCUT2D eigenvalue weighted by molar-refractivity contribution is 5.74. The van der Waals surface area contributed by atoms with E-state index in [2.05, 4.69) is 0 Å². The number of carbonyl (C=O) groups is 1. The van der Waals surface area contributed by atoms with Gasteiger partial charge in [0.25, 0.3) is 0 Å². The van der Waals surface area contributed by atoms with E-state index in [1.807, 2.05) is 6.07 Å². The van der Waals surface area contributed by atoms with Gasteiger partial charge in [0.1, 0.15) is 12.0 Å². The third-order valence-corrected chi connectivity index (χ3v) is 2.66. The van der Waals surface area contributed by atoms with Crippen LogP contribution in [0.1, 0.15) is 22.3 Å². The van der Waals surface area contributed by atoms with E-state index in [9.17, 15) is 9.18 Å². The third kappa shape index (κ3) is 2.42. The van der Waals surface area contributed by atoms with Gasteiger partial charge >= 0.3 is 0 Å². The standard InChI is InChI=1S/C12H13FO2/c13-12(4-5-15-9-12)7-10-2-1-3-11(6-10)8-14/h1-3,6,8H,4-5,7,9H2. The molecule has 1 aromatic rings. The van der Waals surface area contributed by atoms with Crippen LogP contribution in [0.25, 0.3) is 0 Å². The molecular weight excluding hydrogens is 195 g/mol. The van der Waals surface area contributed by atoms with Crippen LogP contribution in [0.4, 0.5) is 4.39 Å². The van der Waals surface area contributed by atoms with Crippen molar-refractivity contribution in [3.63, 3.8) is 0 Å². The Balaban J connectivity index is 2.12. The Morgan fingerprint density at radius 3 is 3.07 bits per heavy atom. The Labute approximate surface area is 88.1 Å². The number of benzene rings is 1. The molecule has 1 atom stereocenters. The number of hydrogen-bond acceptors (Lipinski definition) is 2. The molecule has 0 saturated carbocycles. The molecule has 80 valence electrons. The number of rotatable bonds is 3. The molecule has 0 amide bonds. The first-order valence-corrected chi connectivity index (χ1v) is 5.03. The van der Waals surface area contributed by atoms with Gasteiger partial charge in [-0.25, -0.2) is 4.39 Å². The molecule has 1 fully saturated rings. The van der Waals surface area contributed by atoms with E-state index in [4.69, 9.17) is 4.74 Å². The first-order valence-electron chi connectivity index (χ1n) is 5.03. The molecule has 0 aromatic heterocycles. The van der Waals surface area contributed by atoms with Gasteiger partial charge in [0.05, 0.1) is 6.61 Å². The zero-order valence-electron chi connectivity index (χ0n) is 8.41. The molecule has 3 heteroatoms. The predicted octanol–water partition coefficient (Wildman–Crippen LogP) is 2.17. The fourth-order valence-electron chi connectivity index (χ4n) is 1.86. The second kappa shape index (κ2) is 4.11. The highest BCUT2D eigenvalue weighted by Gasteiger charge is 2.34. The molecule has 2 rings (SSSR count). The Hall–Kier alpha value is -1.22. The highest BCUT2D eigenvalue weighted by Crippen LogP contribution is 2.27. The molecule has 1 aliphatic rings. The lowest BCUT2D eigenvalue weighted by Gasteiger charge is -2.16. The van der Waals surface area contributed by atoms with Crippen LogP contribution in [-0.4, -0.2) is 25.2 Å². The molecule has 0 N–H and O–H groups in total. The van der Waals surface area contributed by atoms with Crippen LogP contribution in [0.5, 0.6) is 0 Å². The maximum atomic E-state index is 14.0. The van der Waals surface area contributed by atoms with Crippen molar-refractivity contribution < 1.29 is 13.9 Å². The monoisotopic (exact) mass is 208 g/mol. The summed E-state index contributed by atoms with van der Waals surface area (Å²) in [5, 5.41) is 0. The van der Waals surface area contributed by atoms with Crippen molar-refractivity contribution in [3.8, 4) is 0 Å². The third-order valence-electron chi connectivity index (χ3n) is 2.66. The molecule has 1 saturated heterocycles. The van der Waals surface area contributed by atoms with Crippen LogP contribution in [0, 0.1) is 0 Å². The van der Waals surface area contributed by atoms with E-state index in [-0.39, 0.29) is 6.61 Å². The molecule has 1 aliphatic heterocycles. The summed E-state index contributed by atoms with van der Waals surface area (Å²) in [6.07, 6.45) is 1.55. The average Bonchev–Trinajstić information content (AvgIpc) is 2.65. The molecule has 0 radical (unpaired) electrons. The van der Waals surface area contributed by atoms with E-state index in [0.29, 0.717) is 25.0 Å². The first kappa shape index (κ1) is 10.3. The molecule has 2 nitrogen and oxygen atoms in total. The first-order chi connectivity index (χ1) is 7.22. The summed E-state index contributed by atoms with van der Waals surface area (Å²) in [4.78, 5) is 10.6. The number of carbonyl (C=O) groups excluding carboxylic acids is 1. The average molecular weight is 208 g/mol. The van der Waals surface area contributed by atoms with E-state index < -0.39 is 5.67 Å². The number of alkyl halides is 1. The number of aldehydes is 1. The summed E-state index contributed by atoms with van der Waals surface area (Å²) >= 11 is 0. The summed E-state index contributed by atoms with van der Waals surface area (Å²) in [6, 6.07) is 7.06. The molecular formula is C12H13FO2. The zero-order valence-corrected chi connectivity index (χ0v) is 8.41. The maximum absolute atomic E-state index is 14.0. The Kier molecular flexibility index (Phi) is 2.82. The Morgan fingerprint density at radius 2 is 2.40 bits per heavy atom. The van der Waals surface area contributed by atoms with E-state index in [1.165, 1.54) is 0 Å². The van der Waals surface area contributed by atoms with E-state index in [1.54, 1.807) is 18.2 Å². The van der Waals surface area contributed by atoms with Gasteiger partial charge in [-0.3, -0.25) is 4.79 Å². The van der Waals surface area contributed by atoms with Crippen molar-refractivity contribution in [2.24, 2.45) is 0 Å². The second-order valence-corrected chi connectivity index (χ2v) is 3.99. The summed E-state index contributed by atoms with van der Waals surface area (Å²) in [5.41, 5.74) is 0.198. The molecule has 1 unspecified atom stereocenters. The van der Waals surface area contributed by atoms with Gasteiger partial charge in [0, 0.05) is 25.0 Å². The number of hydrogen-bond donors (Lipinski definition) is 0. The molecule has 0 spiro atoms. The van der Waals surface area contributed by atoms with E-state index in [0.717, 1.165) is 11.8 Å². The van der Waals surface area contributed by atoms with Crippen LogP contribution in [0.2, 0.25) is 0 Å². The highest BCUT2D eigenvalue weighted by atomic mass is 19.1. The van der Waals surface area contributed by atoms with Crippen LogP contribution in [-0.2, 0) is 11.2 Å². The lowest BCUT2D eigenvalue weighted by atomic mass is 9.95. The molecule has 0 aliphatic carbocycles. The molecule has 1 heterocycles. The molecule has 15 heavy (non-hydrogen) atoms. The fraction of sp³-hybridized carbons (Fsp3) is 0.417. The summed E-state index contributed by atoms with van der Waals surface area (Å²) in [5.74, 6) is 0. The van der Waals surface area contributed by atoms with Gasteiger partial charge in [0.15, 0.2) is 0 Å². The van der Waals surface area contributed by atoms with Crippen molar-refractivity contribution >= 4 is 6.29 Å². The van der Waals surface area contributed by atoms with Crippen molar-refractivity contribution in [2.75, 3.05) is 13.2 Å². The van der Waals surface area contributed by atoms with Gasteiger partial charge in [-0.15, -0.1) is 0 Å². The summed E-state index contributed by atoms with van der Waals surface area (Å²) in [7, 11) is 0. The van der Waals surface area contributed by atoms with Crippen LogP contribution >= 0.6 is 0 Å². The number of ether oxygens (including phenoxy) is 1. The quantitative estimate of drug-likeness (QED) is 0.711. The fourth-order valence-corrected chi connectivity index (χ4v) is 1.86. The number of halogens is 1. The Morgan fingerprint density at radius 1 is 1.53 bits per heavy atom. The van der Waals surface area contributed by atoms with Gasteiger partial charge in [0.2, 0.25) is 0 Å². The minimum absolute atomic E-state index is 0.165. The normalized spacial score (nSPS) is 25.4. The Bertz CT molecular complexity index is 356. The molecule has 0 bridgehead atoms. The van der Waals surface area contributed by atoms with E-state index >= 15 is 0 Å². The van der Waals surface area contributed by atoms with Gasteiger partial charge in [-0.1, -0.05) is 18.2 Å². The van der Waals surface area contributed by atoms with Gasteiger partial charge in [-0.05, 0) is 11.6 Å². The van der Waals surface area contributed by atoms with Crippen molar-refractivity contribution in [1.29, 1.82) is 0 Å². The lowest BCUT2D eigenvalue weighted by Crippen LogP contribution is -2.25. The van der Waals surface area contributed by atoms with Crippen LogP contribution in [0.15, 0.2) is 24.3 Å². The van der Waals surface area contributed by atoms with Crippen LogP contribution < -0.4 is 0 Å². The van der Waals surface area contributed by atoms with Crippen molar-refractivity contribution in [2.45, 2.75) is 18.5 Å². The minimum Gasteiger partial charge on any atom is -0.378 e. The van der Waals surface area contributed by atoms with Gasteiger partial charge in [-0.2, -0.15) is 0 Å². The van der Waals surface area contributed by atoms with Crippen molar-refractivity contribution in [3.05, 3.63) is 35.4 Å². The van der Waals surface area contributed by atoms with Crippen molar-refractivity contribution in [1.82, 2.24) is 0 Å².